The van der Waals surface area contributed by atoms with Gasteiger partial charge in [-0.15, -0.1) is 0 Å². The fourth-order valence-electron chi connectivity index (χ4n) is 3.00. The average Bonchev–Trinajstić information content (AvgIpc) is 2.67. The van der Waals surface area contributed by atoms with Crippen LogP contribution in [0.4, 0.5) is 5.69 Å². The van der Waals surface area contributed by atoms with Gasteiger partial charge in [-0.2, -0.15) is 0 Å². The molecule has 0 saturated carbocycles. The van der Waals surface area contributed by atoms with Crippen molar-refractivity contribution in [2.24, 2.45) is 10.7 Å². The van der Waals surface area contributed by atoms with Gasteiger partial charge in [0.1, 0.15) is 0 Å². The van der Waals surface area contributed by atoms with Gasteiger partial charge in [-0.1, -0.05) is 61.9 Å². The normalized spacial score (nSPS) is 11.5. The Morgan fingerprint density at radius 3 is 2.62 bits per heavy atom. The molecular formula is C21H22N4O. The highest BCUT2D eigenvalue weighted by Gasteiger charge is 2.16. The molecule has 3 N–H and O–H groups in total. The van der Waals surface area contributed by atoms with Gasteiger partial charge in [0.25, 0.3) is 0 Å². The predicted octanol–water partition coefficient (Wildman–Crippen LogP) is 3.94. The van der Waals surface area contributed by atoms with Gasteiger partial charge in [0.2, 0.25) is 6.41 Å². The first-order chi connectivity index (χ1) is 12.7. The first-order valence-electron chi connectivity index (χ1n) is 8.76. The van der Waals surface area contributed by atoms with Crippen molar-refractivity contribution >= 4 is 29.0 Å². The summed E-state index contributed by atoms with van der Waals surface area (Å²) in [6.07, 6.45) is 3.45. The number of rotatable bonds is 6. The van der Waals surface area contributed by atoms with Crippen LogP contribution in [0.1, 0.15) is 25.3 Å². The van der Waals surface area contributed by atoms with Crippen LogP contribution in [0.3, 0.4) is 0 Å². The van der Waals surface area contributed by atoms with Crippen LogP contribution in [0.2, 0.25) is 0 Å². The van der Waals surface area contributed by atoms with E-state index in [4.69, 9.17) is 10.7 Å². The molecule has 0 atom stereocenters. The van der Waals surface area contributed by atoms with Crippen molar-refractivity contribution in [3.05, 3.63) is 60.2 Å². The van der Waals surface area contributed by atoms with Crippen molar-refractivity contribution in [2.45, 2.75) is 26.2 Å². The number of guanidine groups is 1. The number of para-hydroxylation sites is 1. The monoisotopic (exact) mass is 346 g/mol. The topological polar surface area (TPSA) is 80.4 Å². The number of hydrogen-bond donors (Lipinski definition) is 2. The largest absolute Gasteiger partial charge is 0.369 e. The van der Waals surface area contributed by atoms with E-state index in [1.807, 2.05) is 54.6 Å². The number of benzene rings is 2. The maximum Gasteiger partial charge on any atom is 0.213 e. The molecule has 1 amide bonds. The second kappa shape index (κ2) is 8.25. The van der Waals surface area contributed by atoms with E-state index in [1.54, 1.807) is 0 Å². The number of pyridine rings is 1. The lowest BCUT2D eigenvalue weighted by Crippen LogP contribution is -2.29. The highest BCUT2D eigenvalue weighted by Crippen LogP contribution is 2.36. The summed E-state index contributed by atoms with van der Waals surface area (Å²) < 4.78 is 0. The SMILES string of the molecule is CCCCc1c(-c2ccccc2)nc2ccccc2c1N=C(N)NC=O. The minimum Gasteiger partial charge on any atom is -0.369 e. The average molecular weight is 346 g/mol. The molecule has 0 saturated heterocycles. The van der Waals surface area contributed by atoms with E-state index in [9.17, 15) is 4.79 Å². The number of nitrogens with two attached hydrogens (primary N) is 1. The van der Waals surface area contributed by atoms with E-state index in [1.165, 1.54) is 0 Å². The molecule has 0 unspecified atom stereocenters. The van der Waals surface area contributed by atoms with E-state index in [0.717, 1.165) is 52.7 Å². The van der Waals surface area contributed by atoms with Crippen LogP contribution in [0.15, 0.2) is 59.6 Å². The fourth-order valence-corrected chi connectivity index (χ4v) is 3.00. The zero-order valence-corrected chi connectivity index (χ0v) is 14.8. The summed E-state index contributed by atoms with van der Waals surface area (Å²) in [5.41, 5.74) is 10.5. The third-order valence-corrected chi connectivity index (χ3v) is 4.23. The Kier molecular flexibility index (Phi) is 5.59. The van der Waals surface area contributed by atoms with Crippen LogP contribution in [0.5, 0.6) is 0 Å². The number of hydrogen-bond acceptors (Lipinski definition) is 3. The lowest BCUT2D eigenvalue weighted by Gasteiger charge is -2.15. The van der Waals surface area contributed by atoms with Crippen LogP contribution in [0, 0.1) is 0 Å². The Labute approximate surface area is 153 Å². The molecule has 0 radical (unpaired) electrons. The number of aliphatic imine (C=N–C) groups is 1. The Morgan fingerprint density at radius 2 is 1.88 bits per heavy atom. The van der Waals surface area contributed by atoms with Gasteiger partial charge in [-0.3, -0.25) is 10.1 Å². The van der Waals surface area contributed by atoms with Crippen molar-refractivity contribution < 1.29 is 4.79 Å². The zero-order valence-electron chi connectivity index (χ0n) is 14.8. The van der Waals surface area contributed by atoms with Crippen molar-refractivity contribution in [2.75, 3.05) is 0 Å². The number of nitrogens with zero attached hydrogens (tertiary/aromatic N) is 2. The molecule has 2 aromatic carbocycles. The van der Waals surface area contributed by atoms with E-state index < -0.39 is 0 Å². The smallest absolute Gasteiger partial charge is 0.213 e. The van der Waals surface area contributed by atoms with E-state index in [0.29, 0.717) is 6.41 Å². The van der Waals surface area contributed by atoms with Gasteiger partial charge in [0.15, 0.2) is 5.96 Å². The maximum atomic E-state index is 10.7. The van der Waals surface area contributed by atoms with E-state index in [-0.39, 0.29) is 5.96 Å². The number of carbonyl (C=O) groups excluding carboxylic acids is 1. The molecule has 3 rings (SSSR count). The second-order valence-corrected chi connectivity index (χ2v) is 6.03. The third kappa shape index (κ3) is 3.72. The summed E-state index contributed by atoms with van der Waals surface area (Å²) in [6, 6.07) is 17.9. The number of aromatic nitrogens is 1. The van der Waals surface area contributed by atoms with Crippen molar-refractivity contribution in [3.63, 3.8) is 0 Å². The standard InChI is InChI=1S/C21H22N4O/c1-2-3-11-17-19(15-9-5-4-6-10-15)24-18-13-8-7-12-16(18)20(17)25-21(22)23-14-26/h4-10,12-14H,2-3,11H2,1H3,(H3,22,23,24,25,26). The van der Waals surface area contributed by atoms with Gasteiger partial charge >= 0.3 is 0 Å². The molecule has 0 fully saturated rings. The first-order valence-corrected chi connectivity index (χ1v) is 8.76. The number of unbranched alkanes of at least 4 members (excludes halogenated alkanes) is 1. The lowest BCUT2D eigenvalue weighted by atomic mass is 9.97. The Balaban J connectivity index is 2.32. The highest BCUT2D eigenvalue weighted by atomic mass is 16.1. The highest BCUT2D eigenvalue weighted by molar-refractivity contribution is 5.99. The molecule has 5 nitrogen and oxygen atoms in total. The van der Waals surface area contributed by atoms with Crippen molar-refractivity contribution in [1.82, 2.24) is 10.3 Å². The molecule has 26 heavy (non-hydrogen) atoms. The van der Waals surface area contributed by atoms with Crippen LogP contribution in [-0.2, 0) is 11.2 Å². The Morgan fingerprint density at radius 1 is 1.15 bits per heavy atom. The van der Waals surface area contributed by atoms with E-state index in [2.05, 4.69) is 17.2 Å². The molecule has 0 aliphatic heterocycles. The maximum absolute atomic E-state index is 10.7. The summed E-state index contributed by atoms with van der Waals surface area (Å²) in [6.45, 7) is 2.15. The third-order valence-electron chi connectivity index (χ3n) is 4.23. The fraction of sp³-hybridized carbons (Fsp3) is 0.190. The van der Waals surface area contributed by atoms with Gasteiger partial charge in [0.05, 0.1) is 16.9 Å². The van der Waals surface area contributed by atoms with Crippen molar-refractivity contribution in [1.29, 1.82) is 0 Å². The van der Waals surface area contributed by atoms with Gasteiger partial charge in [0, 0.05) is 16.5 Å². The van der Waals surface area contributed by atoms with Crippen molar-refractivity contribution in [3.8, 4) is 11.3 Å². The van der Waals surface area contributed by atoms with Gasteiger partial charge in [-0.05, 0) is 18.9 Å². The molecule has 5 heteroatoms. The summed E-state index contributed by atoms with van der Waals surface area (Å²) in [5, 5.41) is 3.35. The molecule has 0 bridgehead atoms. The first kappa shape index (κ1) is 17.6. The summed E-state index contributed by atoms with van der Waals surface area (Å²) in [5.74, 6) is 0.0770. The molecule has 1 heterocycles. The van der Waals surface area contributed by atoms with Crippen LogP contribution in [0.25, 0.3) is 22.2 Å². The van der Waals surface area contributed by atoms with Crippen LogP contribution < -0.4 is 11.1 Å². The van der Waals surface area contributed by atoms with Crippen LogP contribution >= 0.6 is 0 Å². The summed E-state index contributed by atoms with van der Waals surface area (Å²) >= 11 is 0. The molecule has 1 aromatic heterocycles. The van der Waals surface area contributed by atoms with E-state index >= 15 is 0 Å². The molecule has 0 aliphatic carbocycles. The predicted molar refractivity (Wildman–Crippen MR) is 106 cm³/mol. The molecule has 3 aromatic rings. The second-order valence-electron chi connectivity index (χ2n) is 6.03. The van der Waals surface area contributed by atoms with Crippen LogP contribution in [-0.4, -0.2) is 17.4 Å². The van der Waals surface area contributed by atoms with Gasteiger partial charge in [-0.25, -0.2) is 9.98 Å². The van der Waals surface area contributed by atoms with Gasteiger partial charge < -0.3 is 5.73 Å². The summed E-state index contributed by atoms with van der Waals surface area (Å²) in [4.78, 5) is 20.2. The quantitative estimate of drug-likeness (QED) is 0.403. The molecule has 0 spiro atoms. The Bertz CT molecular complexity index is 935. The molecule has 132 valence electrons. The minimum absolute atomic E-state index is 0.0770. The minimum atomic E-state index is 0.0770. The number of amides is 1. The number of carbonyl (C=O) groups is 1. The lowest BCUT2D eigenvalue weighted by molar-refractivity contribution is -0.108. The summed E-state index contributed by atoms with van der Waals surface area (Å²) in [7, 11) is 0. The molecule has 0 aliphatic rings. The number of fused-ring (bicyclic) bond motifs is 1. The Hall–Kier alpha value is -3.21. The number of nitrogens with one attached hydrogen (secondary N) is 1. The zero-order chi connectivity index (χ0) is 18.4. The molecular weight excluding hydrogens is 324 g/mol.